The first-order valence-corrected chi connectivity index (χ1v) is 14.2. The first-order chi connectivity index (χ1) is 14.5. The Morgan fingerprint density at radius 1 is 0.867 bits per heavy atom. The molecule has 0 bridgehead atoms. The Morgan fingerprint density at radius 3 is 1.87 bits per heavy atom. The molecule has 0 amide bonds. The number of unbranched alkanes of at least 4 members (excludes halogenated alkanes) is 9. The highest BCUT2D eigenvalue weighted by Crippen LogP contribution is 2.44. The van der Waals surface area contributed by atoms with Crippen LogP contribution in [0, 0.1) is 0 Å². The van der Waals surface area contributed by atoms with Crippen LogP contribution in [-0.4, -0.2) is 33.7 Å². The van der Waals surface area contributed by atoms with Crippen LogP contribution in [0.3, 0.4) is 0 Å². The zero-order valence-electron chi connectivity index (χ0n) is 18.3. The van der Waals surface area contributed by atoms with Gasteiger partial charge in [0.25, 0.3) is 0 Å². The maximum absolute atomic E-state index is 10.9. The van der Waals surface area contributed by atoms with Crippen molar-refractivity contribution in [3.63, 3.8) is 0 Å². The fourth-order valence-corrected chi connectivity index (χ4v) is 7.40. The van der Waals surface area contributed by atoms with Gasteiger partial charge in [0.15, 0.2) is 0 Å². The van der Waals surface area contributed by atoms with Crippen LogP contribution in [-0.2, 0) is 16.0 Å². The molecule has 0 fully saturated rings. The SMILES string of the molecule is CCCCCCCCCCCCc1ccsc1C(SCCC(=O)O)SCCC(=O)O. The molecule has 0 aliphatic heterocycles. The molecule has 0 saturated carbocycles. The molecule has 30 heavy (non-hydrogen) atoms. The Morgan fingerprint density at radius 2 is 1.37 bits per heavy atom. The number of rotatable bonds is 20. The highest BCUT2D eigenvalue weighted by Gasteiger charge is 2.19. The van der Waals surface area contributed by atoms with Crippen molar-refractivity contribution < 1.29 is 19.8 Å². The molecule has 1 heterocycles. The lowest BCUT2D eigenvalue weighted by Gasteiger charge is -2.16. The molecule has 0 spiro atoms. The van der Waals surface area contributed by atoms with Crippen LogP contribution in [0.25, 0.3) is 0 Å². The van der Waals surface area contributed by atoms with Crippen molar-refractivity contribution >= 4 is 46.8 Å². The van der Waals surface area contributed by atoms with E-state index in [1.165, 1.54) is 74.6 Å². The number of thiophene rings is 1. The monoisotopic (exact) mass is 474 g/mol. The summed E-state index contributed by atoms with van der Waals surface area (Å²) in [5.74, 6) is -0.465. The highest BCUT2D eigenvalue weighted by molar-refractivity contribution is 8.16. The van der Waals surface area contributed by atoms with E-state index in [9.17, 15) is 9.59 Å². The smallest absolute Gasteiger partial charge is 0.304 e. The third-order valence-electron chi connectivity index (χ3n) is 4.96. The fourth-order valence-electron chi connectivity index (χ4n) is 3.27. The number of carbonyl (C=O) groups is 2. The Kier molecular flexibility index (Phi) is 16.4. The van der Waals surface area contributed by atoms with Crippen LogP contribution in [0.1, 0.15) is 99.0 Å². The average Bonchev–Trinajstić information content (AvgIpc) is 3.16. The lowest BCUT2D eigenvalue weighted by Crippen LogP contribution is -2.01. The summed E-state index contributed by atoms with van der Waals surface area (Å²) in [7, 11) is 0. The van der Waals surface area contributed by atoms with Crippen molar-refractivity contribution in [2.24, 2.45) is 0 Å². The third kappa shape index (κ3) is 13.6. The van der Waals surface area contributed by atoms with E-state index in [1.807, 2.05) is 0 Å². The van der Waals surface area contributed by atoms with E-state index in [1.54, 1.807) is 34.9 Å². The lowest BCUT2D eigenvalue weighted by molar-refractivity contribution is -0.137. The molecule has 1 rings (SSSR count). The largest absolute Gasteiger partial charge is 0.481 e. The van der Waals surface area contributed by atoms with Crippen molar-refractivity contribution in [3.05, 3.63) is 21.9 Å². The summed E-state index contributed by atoms with van der Waals surface area (Å²) in [6, 6.07) is 2.19. The minimum atomic E-state index is -0.784. The minimum Gasteiger partial charge on any atom is -0.481 e. The number of carboxylic acid groups (broad SMARTS) is 2. The Labute approximate surface area is 194 Å². The molecule has 1 aromatic heterocycles. The standard InChI is InChI=1S/C23H38O4S3/c1-2-3-4-5-6-7-8-9-10-11-12-19-13-16-28-22(19)23(29-17-14-20(24)25)30-18-15-21(26)27/h13,16,23H,2-12,14-15,17-18H2,1H3,(H,24,25)(H,26,27). The van der Waals surface area contributed by atoms with Gasteiger partial charge in [-0.05, 0) is 29.9 Å². The lowest BCUT2D eigenvalue weighted by atomic mass is 10.0. The Bertz CT molecular complexity index is 569. The Balaban J connectivity index is 2.38. The molecule has 7 heteroatoms. The molecular formula is C23H38O4S3. The molecule has 0 aromatic carbocycles. The van der Waals surface area contributed by atoms with E-state index < -0.39 is 11.9 Å². The van der Waals surface area contributed by atoms with Gasteiger partial charge in [-0.2, -0.15) is 0 Å². The second-order valence-corrected chi connectivity index (χ2v) is 11.3. The van der Waals surface area contributed by atoms with Gasteiger partial charge in [0.1, 0.15) is 0 Å². The van der Waals surface area contributed by atoms with Crippen LogP contribution in [0.2, 0.25) is 0 Å². The van der Waals surface area contributed by atoms with Gasteiger partial charge >= 0.3 is 11.9 Å². The summed E-state index contributed by atoms with van der Waals surface area (Å²) < 4.78 is 0.127. The van der Waals surface area contributed by atoms with E-state index in [4.69, 9.17) is 10.2 Å². The number of carboxylic acids is 2. The summed E-state index contributed by atoms with van der Waals surface area (Å²) in [4.78, 5) is 23.0. The van der Waals surface area contributed by atoms with E-state index in [0.717, 1.165) is 6.42 Å². The molecule has 4 nitrogen and oxygen atoms in total. The van der Waals surface area contributed by atoms with Crippen molar-refractivity contribution in [3.8, 4) is 0 Å². The number of hydrogen-bond donors (Lipinski definition) is 2. The fraction of sp³-hybridized carbons (Fsp3) is 0.739. The van der Waals surface area contributed by atoms with Gasteiger partial charge in [0, 0.05) is 16.4 Å². The van der Waals surface area contributed by atoms with Crippen molar-refractivity contribution in [1.29, 1.82) is 0 Å². The van der Waals surface area contributed by atoms with Gasteiger partial charge in [-0.3, -0.25) is 9.59 Å². The molecule has 172 valence electrons. The van der Waals surface area contributed by atoms with E-state index in [-0.39, 0.29) is 17.4 Å². The van der Waals surface area contributed by atoms with Gasteiger partial charge < -0.3 is 10.2 Å². The van der Waals surface area contributed by atoms with Crippen molar-refractivity contribution in [1.82, 2.24) is 0 Å². The molecule has 1 aromatic rings. The number of aryl methyl sites for hydroxylation is 1. The number of thioether (sulfide) groups is 2. The van der Waals surface area contributed by atoms with Gasteiger partial charge in [0.2, 0.25) is 0 Å². The summed E-state index contributed by atoms with van der Waals surface area (Å²) in [5.41, 5.74) is 1.36. The van der Waals surface area contributed by atoms with Crippen LogP contribution >= 0.6 is 34.9 Å². The van der Waals surface area contributed by atoms with Gasteiger partial charge in [0.05, 0.1) is 17.4 Å². The normalized spacial score (nSPS) is 11.3. The second-order valence-electron chi connectivity index (χ2n) is 7.60. The van der Waals surface area contributed by atoms with Gasteiger partial charge in [-0.15, -0.1) is 34.9 Å². The van der Waals surface area contributed by atoms with Gasteiger partial charge in [-0.1, -0.05) is 64.7 Å². The Hall–Kier alpha value is -0.660. The van der Waals surface area contributed by atoms with E-state index >= 15 is 0 Å². The molecule has 0 unspecified atom stereocenters. The summed E-state index contributed by atoms with van der Waals surface area (Å²) >= 11 is 4.98. The average molecular weight is 475 g/mol. The molecule has 2 N–H and O–H groups in total. The number of hydrogen-bond acceptors (Lipinski definition) is 5. The predicted molar refractivity (Wildman–Crippen MR) is 132 cm³/mol. The molecule has 0 atom stereocenters. The molecule has 0 aliphatic rings. The first-order valence-electron chi connectivity index (χ1n) is 11.3. The van der Waals surface area contributed by atoms with E-state index in [0.29, 0.717) is 11.5 Å². The predicted octanol–water partition coefficient (Wildman–Crippen LogP) is 7.63. The zero-order chi connectivity index (χ0) is 22.0. The molecule has 0 saturated heterocycles. The first kappa shape index (κ1) is 27.4. The third-order valence-corrected chi connectivity index (χ3v) is 9.06. The molecular weight excluding hydrogens is 436 g/mol. The summed E-state index contributed by atoms with van der Waals surface area (Å²) in [6.07, 6.45) is 14.6. The van der Waals surface area contributed by atoms with Crippen LogP contribution in [0.5, 0.6) is 0 Å². The summed E-state index contributed by atoms with van der Waals surface area (Å²) in [6.45, 7) is 2.25. The molecule has 0 aliphatic carbocycles. The minimum absolute atomic E-state index is 0.127. The molecule has 0 radical (unpaired) electrons. The van der Waals surface area contributed by atoms with E-state index in [2.05, 4.69) is 18.4 Å². The number of aliphatic carboxylic acids is 2. The van der Waals surface area contributed by atoms with Crippen LogP contribution < -0.4 is 0 Å². The highest BCUT2D eigenvalue weighted by atomic mass is 32.2. The maximum atomic E-state index is 10.9. The van der Waals surface area contributed by atoms with Crippen molar-refractivity contribution in [2.45, 2.75) is 95.0 Å². The van der Waals surface area contributed by atoms with Gasteiger partial charge in [-0.25, -0.2) is 0 Å². The quantitative estimate of drug-likeness (QED) is 0.149. The topological polar surface area (TPSA) is 74.6 Å². The summed E-state index contributed by atoms with van der Waals surface area (Å²) in [5, 5.41) is 20.0. The maximum Gasteiger partial charge on any atom is 0.304 e. The van der Waals surface area contributed by atoms with Crippen LogP contribution in [0.15, 0.2) is 11.4 Å². The van der Waals surface area contributed by atoms with Crippen molar-refractivity contribution in [2.75, 3.05) is 11.5 Å². The zero-order valence-corrected chi connectivity index (χ0v) is 20.7. The second kappa shape index (κ2) is 18.0. The van der Waals surface area contributed by atoms with Crippen LogP contribution in [0.4, 0.5) is 0 Å².